The number of nitrogens with one attached hydrogen (secondary N) is 2. The lowest BCUT2D eigenvalue weighted by Crippen LogP contribution is -2.61. The molecule has 1 fully saturated rings. The zero-order chi connectivity index (χ0) is 16.6. The molecule has 0 aliphatic heterocycles. The number of carbonyl (C=O) groups is 3. The van der Waals surface area contributed by atoms with E-state index >= 15 is 0 Å². The fourth-order valence-corrected chi connectivity index (χ4v) is 2.92. The van der Waals surface area contributed by atoms with E-state index in [2.05, 4.69) is 10.6 Å². The van der Waals surface area contributed by atoms with Gasteiger partial charge in [0.05, 0.1) is 13.1 Å². The summed E-state index contributed by atoms with van der Waals surface area (Å²) in [6.45, 7) is 4.80. The van der Waals surface area contributed by atoms with Crippen LogP contribution in [-0.4, -0.2) is 54.3 Å². The second-order valence-electron chi connectivity index (χ2n) is 5.65. The van der Waals surface area contributed by atoms with Gasteiger partial charge in [-0.25, -0.2) is 0 Å². The lowest BCUT2D eigenvalue weighted by Gasteiger charge is -2.40. The number of nitrogens with two attached hydrogens (primary N) is 1. The largest absolute Gasteiger partial charge is 0.346 e. The van der Waals surface area contributed by atoms with Crippen LogP contribution in [0.1, 0.15) is 46.0 Å². The summed E-state index contributed by atoms with van der Waals surface area (Å²) in [5, 5.41) is 5.31. The first-order chi connectivity index (χ1) is 10.5. The zero-order valence-electron chi connectivity index (χ0n) is 13.6. The van der Waals surface area contributed by atoms with Gasteiger partial charge >= 0.3 is 0 Å². The van der Waals surface area contributed by atoms with E-state index in [1.54, 1.807) is 4.90 Å². The van der Waals surface area contributed by atoms with Crippen molar-refractivity contribution in [1.29, 1.82) is 0 Å². The van der Waals surface area contributed by atoms with E-state index in [4.69, 9.17) is 5.73 Å². The van der Waals surface area contributed by atoms with Crippen molar-refractivity contribution in [3.05, 3.63) is 0 Å². The topological polar surface area (TPSA) is 105 Å². The standard InChI is InChI=1S/C15H28N4O3/c1-3-19(4-2)14(22)15(8-6-5-7-9-15)18-13(21)11-17-12(20)10-16/h3-11,16H2,1-2H3,(H,17,20)(H,18,21). The maximum absolute atomic E-state index is 12.8. The fraction of sp³-hybridized carbons (Fsp3) is 0.800. The maximum Gasteiger partial charge on any atom is 0.248 e. The minimum Gasteiger partial charge on any atom is -0.346 e. The Morgan fingerprint density at radius 1 is 1.05 bits per heavy atom. The summed E-state index contributed by atoms with van der Waals surface area (Å²) >= 11 is 0. The van der Waals surface area contributed by atoms with E-state index in [1.807, 2.05) is 13.8 Å². The molecule has 1 saturated carbocycles. The monoisotopic (exact) mass is 312 g/mol. The predicted octanol–water partition coefficient (Wildman–Crippen LogP) is -0.251. The highest BCUT2D eigenvalue weighted by Crippen LogP contribution is 2.30. The molecule has 0 aromatic rings. The number of amides is 3. The van der Waals surface area contributed by atoms with Gasteiger partial charge in [-0.1, -0.05) is 19.3 Å². The Morgan fingerprint density at radius 3 is 2.14 bits per heavy atom. The predicted molar refractivity (Wildman–Crippen MR) is 84.0 cm³/mol. The van der Waals surface area contributed by atoms with Gasteiger partial charge in [0.1, 0.15) is 5.54 Å². The third-order valence-electron chi connectivity index (χ3n) is 4.18. The minimum absolute atomic E-state index is 0.0179. The van der Waals surface area contributed by atoms with Gasteiger partial charge in [-0.3, -0.25) is 14.4 Å². The van der Waals surface area contributed by atoms with Crippen molar-refractivity contribution in [3.63, 3.8) is 0 Å². The van der Waals surface area contributed by atoms with Gasteiger partial charge < -0.3 is 21.3 Å². The van der Waals surface area contributed by atoms with E-state index in [9.17, 15) is 14.4 Å². The van der Waals surface area contributed by atoms with Crippen LogP contribution in [0, 0.1) is 0 Å². The van der Waals surface area contributed by atoms with Crippen molar-refractivity contribution >= 4 is 17.7 Å². The van der Waals surface area contributed by atoms with Crippen molar-refractivity contribution in [2.75, 3.05) is 26.2 Å². The minimum atomic E-state index is -0.825. The summed E-state index contributed by atoms with van der Waals surface area (Å²) in [5.41, 5.74) is 4.36. The van der Waals surface area contributed by atoms with Crippen LogP contribution in [0.15, 0.2) is 0 Å². The number of hydrogen-bond donors (Lipinski definition) is 3. The quantitative estimate of drug-likeness (QED) is 0.603. The average Bonchev–Trinajstić information content (AvgIpc) is 2.54. The molecule has 7 nitrogen and oxygen atoms in total. The van der Waals surface area contributed by atoms with Gasteiger partial charge in [-0.15, -0.1) is 0 Å². The third-order valence-corrected chi connectivity index (χ3v) is 4.18. The van der Waals surface area contributed by atoms with Crippen LogP contribution in [0.2, 0.25) is 0 Å². The molecule has 1 aliphatic rings. The first-order valence-corrected chi connectivity index (χ1v) is 8.06. The molecule has 22 heavy (non-hydrogen) atoms. The smallest absolute Gasteiger partial charge is 0.248 e. The summed E-state index contributed by atoms with van der Waals surface area (Å²) in [5.74, 6) is -0.747. The summed E-state index contributed by atoms with van der Waals surface area (Å²) in [4.78, 5) is 37.8. The lowest BCUT2D eigenvalue weighted by atomic mass is 9.80. The lowest BCUT2D eigenvalue weighted by molar-refractivity contribution is -0.143. The van der Waals surface area contributed by atoms with E-state index in [0.717, 1.165) is 19.3 Å². The van der Waals surface area contributed by atoms with Crippen molar-refractivity contribution in [1.82, 2.24) is 15.5 Å². The summed E-state index contributed by atoms with van der Waals surface area (Å²) in [7, 11) is 0. The molecule has 0 atom stereocenters. The molecule has 0 aromatic carbocycles. The second kappa shape index (κ2) is 8.73. The highest BCUT2D eigenvalue weighted by atomic mass is 16.2. The second-order valence-corrected chi connectivity index (χ2v) is 5.65. The van der Waals surface area contributed by atoms with E-state index in [0.29, 0.717) is 25.9 Å². The van der Waals surface area contributed by atoms with Crippen LogP contribution >= 0.6 is 0 Å². The summed E-state index contributed by atoms with van der Waals surface area (Å²) < 4.78 is 0. The van der Waals surface area contributed by atoms with Crippen molar-refractivity contribution in [2.45, 2.75) is 51.5 Å². The third kappa shape index (κ3) is 4.69. The highest BCUT2D eigenvalue weighted by Gasteiger charge is 2.42. The number of nitrogens with zero attached hydrogens (tertiary/aromatic N) is 1. The van der Waals surface area contributed by atoms with Crippen molar-refractivity contribution < 1.29 is 14.4 Å². The average molecular weight is 312 g/mol. The Kier molecular flexibility index (Phi) is 7.31. The number of carbonyl (C=O) groups excluding carboxylic acids is 3. The van der Waals surface area contributed by atoms with Gasteiger partial charge in [0.2, 0.25) is 17.7 Å². The Bertz CT molecular complexity index is 402. The molecule has 7 heteroatoms. The van der Waals surface area contributed by atoms with Gasteiger partial charge in [0, 0.05) is 13.1 Å². The molecule has 3 amide bonds. The van der Waals surface area contributed by atoms with Gasteiger partial charge in [0.15, 0.2) is 0 Å². The molecule has 0 spiro atoms. The molecule has 0 radical (unpaired) electrons. The van der Waals surface area contributed by atoms with Crippen LogP contribution in [0.3, 0.4) is 0 Å². The Balaban J connectivity index is 2.77. The molecule has 126 valence electrons. The van der Waals surface area contributed by atoms with Crippen molar-refractivity contribution in [3.8, 4) is 0 Å². The highest BCUT2D eigenvalue weighted by molar-refractivity contribution is 5.93. The van der Waals surface area contributed by atoms with Crippen LogP contribution in [0.25, 0.3) is 0 Å². The number of rotatable bonds is 7. The molecule has 0 bridgehead atoms. The van der Waals surface area contributed by atoms with Crippen LogP contribution in [0.4, 0.5) is 0 Å². The molecule has 4 N–H and O–H groups in total. The summed E-state index contributed by atoms with van der Waals surface area (Å²) in [6.07, 6.45) is 4.22. The molecular formula is C15H28N4O3. The van der Waals surface area contributed by atoms with Gasteiger partial charge in [0.25, 0.3) is 0 Å². The molecule has 0 unspecified atom stereocenters. The number of likely N-dealkylation sites (N-methyl/N-ethyl adjacent to an activating group) is 1. The Hall–Kier alpha value is -1.63. The fourth-order valence-electron chi connectivity index (χ4n) is 2.92. The van der Waals surface area contributed by atoms with E-state index in [-0.39, 0.29) is 30.8 Å². The first kappa shape index (κ1) is 18.4. The summed E-state index contributed by atoms with van der Waals surface area (Å²) in [6, 6.07) is 0. The molecule has 0 heterocycles. The number of hydrogen-bond acceptors (Lipinski definition) is 4. The Labute approximate surface area is 132 Å². The van der Waals surface area contributed by atoms with E-state index in [1.165, 1.54) is 0 Å². The van der Waals surface area contributed by atoms with Crippen LogP contribution < -0.4 is 16.4 Å². The normalized spacial score (nSPS) is 16.7. The SMILES string of the molecule is CCN(CC)C(=O)C1(NC(=O)CNC(=O)CN)CCCCC1. The van der Waals surface area contributed by atoms with Gasteiger partial charge in [-0.2, -0.15) is 0 Å². The van der Waals surface area contributed by atoms with Crippen molar-refractivity contribution in [2.24, 2.45) is 5.73 Å². The molecule has 1 rings (SSSR count). The van der Waals surface area contributed by atoms with E-state index < -0.39 is 5.54 Å². The van der Waals surface area contributed by atoms with Gasteiger partial charge in [-0.05, 0) is 26.7 Å². The maximum atomic E-state index is 12.8. The molecular weight excluding hydrogens is 284 g/mol. The zero-order valence-corrected chi connectivity index (χ0v) is 13.6. The molecule has 0 saturated heterocycles. The van der Waals surface area contributed by atoms with Crippen LogP contribution in [0.5, 0.6) is 0 Å². The molecule has 1 aliphatic carbocycles. The molecule has 0 aromatic heterocycles. The first-order valence-electron chi connectivity index (χ1n) is 8.06. The van der Waals surface area contributed by atoms with Crippen LogP contribution in [-0.2, 0) is 14.4 Å². The Morgan fingerprint density at radius 2 is 1.64 bits per heavy atom.